The zero-order chi connectivity index (χ0) is 24.3. The number of hydrogen-bond donors (Lipinski definition) is 3. The van der Waals surface area contributed by atoms with E-state index >= 15 is 0 Å². The number of nitrogen functional groups attached to an aromatic ring is 1. The molecule has 4 N–H and O–H groups in total. The molecule has 35 heavy (non-hydrogen) atoms. The maximum Gasteiger partial charge on any atom is 0.270 e. The first-order chi connectivity index (χ1) is 16.8. The van der Waals surface area contributed by atoms with Gasteiger partial charge in [0.15, 0.2) is 0 Å². The molecule has 0 radical (unpaired) electrons. The Balaban J connectivity index is 1.13. The number of nitrogens with zero attached hydrogens (tertiary/aromatic N) is 4. The molecule has 1 aromatic carbocycles. The number of amides is 1. The van der Waals surface area contributed by atoms with E-state index in [0.717, 1.165) is 32.1 Å². The zero-order valence-electron chi connectivity index (χ0n) is 20.0. The van der Waals surface area contributed by atoms with Gasteiger partial charge >= 0.3 is 0 Å². The summed E-state index contributed by atoms with van der Waals surface area (Å²) in [5.41, 5.74) is 6.49. The van der Waals surface area contributed by atoms with Crippen LogP contribution in [0, 0.1) is 23.6 Å². The number of anilines is 3. The number of rotatable bonds is 4. The highest BCUT2D eigenvalue weighted by molar-refractivity contribution is 5.92. The lowest BCUT2D eigenvalue weighted by atomic mass is 9.52. The number of carbonyl (C=O) groups is 1. The number of nitrogens with one attached hydrogen (secondary N) is 1. The standard InChI is InChI=1S/C26H33FN6O2/c1-15-14-32(22-3-2-19(28)10-20(22)27)6-7-33(15)25-29-5-4-21(30-25)24(34)31-23-17-8-16-9-18(23)13-26(35,11-16)12-17/h2-5,10,15-18,23,35H,6-9,11-14,28H2,1H3,(H,31,34)/t15-,16?,17?,18?,23-,26-/m1/s1. The number of benzene rings is 1. The Bertz CT molecular complexity index is 1130. The van der Waals surface area contributed by atoms with Crippen molar-refractivity contribution in [1.29, 1.82) is 0 Å². The molecule has 1 aromatic heterocycles. The Labute approximate surface area is 204 Å². The number of halogens is 1. The van der Waals surface area contributed by atoms with Gasteiger partial charge in [-0.05, 0) is 81.0 Å². The Morgan fingerprint density at radius 1 is 1.20 bits per heavy atom. The van der Waals surface area contributed by atoms with E-state index in [4.69, 9.17) is 5.73 Å². The minimum atomic E-state index is -0.520. The number of nitrogens with two attached hydrogens (primary N) is 1. The molecule has 1 aliphatic heterocycles. The molecule has 5 fully saturated rings. The largest absolute Gasteiger partial charge is 0.399 e. The molecule has 2 heterocycles. The van der Waals surface area contributed by atoms with Crippen molar-refractivity contribution < 1.29 is 14.3 Å². The van der Waals surface area contributed by atoms with Crippen LogP contribution < -0.4 is 20.9 Å². The fraction of sp³-hybridized carbons (Fsp3) is 0.577. The molecule has 3 atom stereocenters. The molecule has 4 aliphatic carbocycles. The van der Waals surface area contributed by atoms with E-state index in [1.165, 1.54) is 6.07 Å². The van der Waals surface area contributed by atoms with Gasteiger partial charge in [-0.3, -0.25) is 4.79 Å². The fourth-order valence-electron chi connectivity index (χ4n) is 7.31. The molecule has 7 rings (SSSR count). The van der Waals surface area contributed by atoms with Crippen molar-refractivity contribution in [2.24, 2.45) is 17.8 Å². The van der Waals surface area contributed by atoms with Crippen LogP contribution in [-0.2, 0) is 0 Å². The summed E-state index contributed by atoms with van der Waals surface area (Å²) >= 11 is 0. The van der Waals surface area contributed by atoms with Crippen molar-refractivity contribution in [3.05, 3.63) is 42.0 Å². The van der Waals surface area contributed by atoms with E-state index in [1.54, 1.807) is 24.4 Å². The van der Waals surface area contributed by atoms with Gasteiger partial charge in [0, 0.05) is 43.6 Å². The molecule has 2 aromatic rings. The molecule has 4 saturated carbocycles. The maximum absolute atomic E-state index is 14.4. The highest BCUT2D eigenvalue weighted by Crippen LogP contribution is 2.55. The van der Waals surface area contributed by atoms with Crippen LogP contribution in [0.4, 0.5) is 21.7 Å². The summed E-state index contributed by atoms with van der Waals surface area (Å²) in [6, 6.07) is 6.58. The Morgan fingerprint density at radius 3 is 2.66 bits per heavy atom. The smallest absolute Gasteiger partial charge is 0.270 e. The lowest BCUT2D eigenvalue weighted by molar-refractivity contribution is -0.136. The third-order valence-electron chi connectivity index (χ3n) is 8.61. The molecular formula is C26H33FN6O2. The van der Waals surface area contributed by atoms with Crippen molar-refractivity contribution in [3.8, 4) is 0 Å². The first-order valence-corrected chi connectivity index (χ1v) is 12.7. The quantitative estimate of drug-likeness (QED) is 0.578. The van der Waals surface area contributed by atoms with Gasteiger partial charge in [-0.2, -0.15) is 0 Å². The molecular weight excluding hydrogens is 447 g/mol. The molecule has 2 unspecified atom stereocenters. The van der Waals surface area contributed by atoms with Gasteiger partial charge in [0.2, 0.25) is 5.95 Å². The molecule has 4 bridgehead atoms. The Morgan fingerprint density at radius 2 is 1.97 bits per heavy atom. The summed E-state index contributed by atoms with van der Waals surface area (Å²) in [6.45, 7) is 3.89. The third-order valence-corrected chi connectivity index (χ3v) is 8.61. The topological polar surface area (TPSA) is 108 Å². The van der Waals surface area contributed by atoms with Crippen LogP contribution in [0.5, 0.6) is 0 Å². The summed E-state index contributed by atoms with van der Waals surface area (Å²) in [5, 5.41) is 14.1. The lowest BCUT2D eigenvalue weighted by Gasteiger charge is -2.58. The summed E-state index contributed by atoms with van der Waals surface area (Å²) in [5.74, 6) is 1.31. The number of carbonyl (C=O) groups excluding carboxylic acids is 1. The van der Waals surface area contributed by atoms with Gasteiger partial charge in [0.25, 0.3) is 5.91 Å². The van der Waals surface area contributed by atoms with Gasteiger partial charge in [0.1, 0.15) is 11.5 Å². The Hall–Kier alpha value is -2.94. The molecule has 1 saturated heterocycles. The van der Waals surface area contributed by atoms with Gasteiger partial charge < -0.3 is 26.0 Å². The van der Waals surface area contributed by atoms with Crippen molar-refractivity contribution in [2.45, 2.75) is 56.7 Å². The average Bonchev–Trinajstić information content (AvgIpc) is 2.80. The van der Waals surface area contributed by atoms with Crippen LogP contribution in [0.25, 0.3) is 0 Å². The van der Waals surface area contributed by atoms with E-state index in [-0.39, 0.29) is 23.8 Å². The van der Waals surface area contributed by atoms with E-state index in [1.807, 2.05) is 4.90 Å². The minimum absolute atomic E-state index is 0.0317. The van der Waals surface area contributed by atoms with Gasteiger partial charge in [-0.15, -0.1) is 0 Å². The molecule has 186 valence electrons. The van der Waals surface area contributed by atoms with Crippen LogP contribution in [0.15, 0.2) is 30.5 Å². The fourth-order valence-corrected chi connectivity index (χ4v) is 7.31. The number of piperazine rings is 1. The predicted octanol–water partition coefficient (Wildman–Crippen LogP) is 2.58. The van der Waals surface area contributed by atoms with Crippen LogP contribution in [0.2, 0.25) is 0 Å². The normalized spacial score (nSPS) is 33.7. The van der Waals surface area contributed by atoms with Crippen molar-refractivity contribution in [2.75, 3.05) is 35.2 Å². The highest BCUT2D eigenvalue weighted by Gasteiger charge is 2.55. The van der Waals surface area contributed by atoms with Crippen LogP contribution >= 0.6 is 0 Å². The Kier molecular flexibility index (Phi) is 5.36. The molecule has 1 amide bonds. The van der Waals surface area contributed by atoms with Crippen LogP contribution in [0.1, 0.15) is 49.5 Å². The number of hydrogen-bond acceptors (Lipinski definition) is 7. The van der Waals surface area contributed by atoms with Gasteiger partial charge in [-0.1, -0.05) is 0 Å². The van der Waals surface area contributed by atoms with Crippen molar-refractivity contribution in [3.63, 3.8) is 0 Å². The monoisotopic (exact) mass is 480 g/mol. The minimum Gasteiger partial charge on any atom is -0.399 e. The number of aromatic nitrogens is 2. The lowest BCUT2D eigenvalue weighted by Crippen LogP contribution is -2.61. The molecule has 5 aliphatic rings. The summed E-state index contributed by atoms with van der Waals surface area (Å²) in [4.78, 5) is 26.3. The third kappa shape index (κ3) is 4.09. The first-order valence-electron chi connectivity index (χ1n) is 12.7. The van der Waals surface area contributed by atoms with Crippen molar-refractivity contribution in [1.82, 2.24) is 15.3 Å². The van der Waals surface area contributed by atoms with Crippen LogP contribution in [-0.4, -0.2) is 58.3 Å². The SMILES string of the molecule is C[C@@H]1CN(c2ccc(N)cc2F)CCN1c1nccc(C(=O)N[C@H]2C3CC4CC2C[C@](O)(C4)C3)n1. The number of aliphatic hydroxyl groups is 1. The summed E-state index contributed by atoms with van der Waals surface area (Å²) < 4.78 is 14.4. The maximum atomic E-state index is 14.4. The second-order valence-electron chi connectivity index (χ2n) is 11.1. The van der Waals surface area contributed by atoms with E-state index in [0.29, 0.717) is 60.4 Å². The summed E-state index contributed by atoms with van der Waals surface area (Å²) in [6.07, 6.45) is 6.32. The summed E-state index contributed by atoms with van der Waals surface area (Å²) in [7, 11) is 0. The first kappa shape index (κ1) is 22.5. The molecule has 0 spiro atoms. The highest BCUT2D eigenvalue weighted by atomic mass is 19.1. The average molecular weight is 481 g/mol. The predicted molar refractivity (Wildman–Crippen MR) is 132 cm³/mol. The van der Waals surface area contributed by atoms with E-state index < -0.39 is 5.60 Å². The molecule has 9 heteroatoms. The van der Waals surface area contributed by atoms with Gasteiger partial charge in [0.05, 0.1) is 11.3 Å². The second kappa shape index (κ2) is 8.33. The van der Waals surface area contributed by atoms with Gasteiger partial charge in [-0.25, -0.2) is 14.4 Å². The van der Waals surface area contributed by atoms with Crippen LogP contribution in [0.3, 0.4) is 0 Å². The molecule has 8 nitrogen and oxygen atoms in total. The van der Waals surface area contributed by atoms with E-state index in [9.17, 15) is 14.3 Å². The zero-order valence-corrected chi connectivity index (χ0v) is 20.0. The van der Waals surface area contributed by atoms with Crippen molar-refractivity contribution >= 4 is 23.2 Å². The second-order valence-corrected chi connectivity index (χ2v) is 11.1. The van der Waals surface area contributed by atoms with E-state index in [2.05, 4.69) is 27.1 Å².